The van der Waals surface area contributed by atoms with Crippen molar-refractivity contribution in [3.63, 3.8) is 0 Å². The number of halogens is 1. The van der Waals surface area contributed by atoms with E-state index in [1.165, 1.54) is 19.3 Å². The van der Waals surface area contributed by atoms with E-state index in [0.717, 1.165) is 18.8 Å². The number of amides is 1. The number of rotatable bonds is 6. The van der Waals surface area contributed by atoms with Crippen LogP contribution in [0.25, 0.3) is 0 Å². The monoisotopic (exact) mass is 217 g/mol. The Balaban J connectivity index is 2.06. The second-order valence-corrected chi connectivity index (χ2v) is 4.57. The molecular weight excluding hydrogens is 198 g/mol. The molecular formula is C11H20ClNO. The van der Waals surface area contributed by atoms with Gasteiger partial charge < -0.3 is 5.32 Å². The number of hydrogen-bond acceptors (Lipinski definition) is 1. The van der Waals surface area contributed by atoms with Gasteiger partial charge in [0.05, 0.1) is 0 Å². The van der Waals surface area contributed by atoms with Crippen LogP contribution < -0.4 is 5.32 Å². The number of alkyl halides is 1. The van der Waals surface area contributed by atoms with Crippen molar-refractivity contribution >= 4 is 17.5 Å². The number of nitrogens with one attached hydrogen (secondary N) is 1. The fourth-order valence-electron chi connectivity index (χ4n) is 1.76. The summed E-state index contributed by atoms with van der Waals surface area (Å²) in [6.07, 6.45) is 6.37. The zero-order chi connectivity index (χ0) is 10.4. The molecule has 0 aromatic carbocycles. The summed E-state index contributed by atoms with van der Waals surface area (Å²) in [4.78, 5) is 11.4. The molecule has 1 amide bonds. The molecule has 1 aliphatic rings. The summed E-state index contributed by atoms with van der Waals surface area (Å²) in [5.41, 5.74) is 0. The normalized spacial score (nSPS) is 18.7. The second kappa shape index (κ2) is 6.28. The van der Waals surface area contributed by atoms with Gasteiger partial charge in [0.15, 0.2) is 0 Å². The Hall–Kier alpha value is -0.240. The van der Waals surface area contributed by atoms with Gasteiger partial charge in [-0.1, -0.05) is 6.42 Å². The van der Waals surface area contributed by atoms with Crippen molar-refractivity contribution in [1.82, 2.24) is 5.32 Å². The molecule has 0 saturated heterocycles. The standard InChI is InChI=1S/C11H20ClNO/c1-9(10-5-4-6-10)13-11(14)7-2-3-8-12/h9-10H,2-8H2,1H3,(H,13,14). The van der Waals surface area contributed by atoms with Gasteiger partial charge in [0.25, 0.3) is 0 Å². The smallest absolute Gasteiger partial charge is 0.220 e. The molecule has 0 radical (unpaired) electrons. The van der Waals surface area contributed by atoms with Gasteiger partial charge in [-0.05, 0) is 38.5 Å². The van der Waals surface area contributed by atoms with E-state index in [0.29, 0.717) is 18.3 Å². The zero-order valence-electron chi connectivity index (χ0n) is 8.89. The van der Waals surface area contributed by atoms with E-state index in [1.54, 1.807) is 0 Å². The Morgan fingerprint density at radius 3 is 2.71 bits per heavy atom. The van der Waals surface area contributed by atoms with E-state index in [-0.39, 0.29) is 5.91 Å². The van der Waals surface area contributed by atoms with Crippen molar-refractivity contribution in [3.05, 3.63) is 0 Å². The average Bonchev–Trinajstić information content (AvgIpc) is 2.00. The molecule has 14 heavy (non-hydrogen) atoms. The average molecular weight is 218 g/mol. The zero-order valence-corrected chi connectivity index (χ0v) is 9.65. The molecule has 0 heterocycles. The number of carbonyl (C=O) groups excluding carboxylic acids is 1. The molecule has 0 aromatic heterocycles. The highest BCUT2D eigenvalue weighted by molar-refractivity contribution is 6.17. The van der Waals surface area contributed by atoms with Crippen LogP contribution in [0.4, 0.5) is 0 Å². The molecule has 3 heteroatoms. The minimum Gasteiger partial charge on any atom is -0.353 e. The molecule has 2 nitrogen and oxygen atoms in total. The molecule has 82 valence electrons. The van der Waals surface area contributed by atoms with Gasteiger partial charge in [-0.3, -0.25) is 4.79 Å². The summed E-state index contributed by atoms with van der Waals surface area (Å²) in [6, 6.07) is 0.368. The first-order valence-corrected chi connectivity index (χ1v) is 6.13. The van der Waals surface area contributed by atoms with E-state index < -0.39 is 0 Å². The quantitative estimate of drug-likeness (QED) is 0.538. The first kappa shape index (κ1) is 11.8. The minimum atomic E-state index is 0.189. The summed E-state index contributed by atoms with van der Waals surface area (Å²) in [7, 11) is 0. The van der Waals surface area contributed by atoms with Crippen molar-refractivity contribution in [1.29, 1.82) is 0 Å². The first-order chi connectivity index (χ1) is 6.74. The number of unbranched alkanes of at least 4 members (excludes halogenated alkanes) is 1. The van der Waals surface area contributed by atoms with Gasteiger partial charge in [0.1, 0.15) is 0 Å². The highest BCUT2D eigenvalue weighted by atomic mass is 35.5. The van der Waals surface area contributed by atoms with Crippen molar-refractivity contribution < 1.29 is 4.79 Å². The molecule has 1 unspecified atom stereocenters. The van der Waals surface area contributed by atoms with Crippen LogP contribution in [0, 0.1) is 5.92 Å². The SMILES string of the molecule is CC(NC(=O)CCCCCl)C1CCC1. The Morgan fingerprint density at radius 1 is 1.50 bits per heavy atom. The highest BCUT2D eigenvalue weighted by Gasteiger charge is 2.24. The van der Waals surface area contributed by atoms with E-state index in [4.69, 9.17) is 11.6 Å². The van der Waals surface area contributed by atoms with Crippen molar-refractivity contribution in [2.45, 2.75) is 51.5 Å². The van der Waals surface area contributed by atoms with Crippen LogP contribution >= 0.6 is 11.6 Å². The van der Waals surface area contributed by atoms with Gasteiger partial charge in [-0.25, -0.2) is 0 Å². The van der Waals surface area contributed by atoms with Crippen LogP contribution in [0.5, 0.6) is 0 Å². The molecule has 1 saturated carbocycles. The molecule has 0 aromatic rings. The Morgan fingerprint density at radius 2 is 2.21 bits per heavy atom. The Bertz CT molecular complexity index is 180. The molecule has 0 aliphatic heterocycles. The largest absolute Gasteiger partial charge is 0.353 e. The maximum Gasteiger partial charge on any atom is 0.220 e. The maximum absolute atomic E-state index is 11.4. The Kier molecular flexibility index (Phi) is 5.31. The van der Waals surface area contributed by atoms with Gasteiger partial charge in [0.2, 0.25) is 5.91 Å². The van der Waals surface area contributed by atoms with Crippen LogP contribution in [0.15, 0.2) is 0 Å². The maximum atomic E-state index is 11.4. The molecule has 1 aliphatic carbocycles. The summed E-state index contributed by atoms with van der Waals surface area (Å²) in [6.45, 7) is 2.11. The molecule has 1 fully saturated rings. The lowest BCUT2D eigenvalue weighted by molar-refractivity contribution is -0.122. The summed E-state index contributed by atoms with van der Waals surface area (Å²) < 4.78 is 0. The fraction of sp³-hybridized carbons (Fsp3) is 0.909. The molecule has 0 spiro atoms. The third kappa shape index (κ3) is 3.87. The lowest BCUT2D eigenvalue weighted by atomic mass is 9.80. The third-order valence-corrected chi connectivity index (χ3v) is 3.30. The van der Waals surface area contributed by atoms with E-state index in [2.05, 4.69) is 12.2 Å². The van der Waals surface area contributed by atoms with Crippen molar-refractivity contribution in [2.75, 3.05) is 5.88 Å². The lowest BCUT2D eigenvalue weighted by Gasteiger charge is -2.31. The van der Waals surface area contributed by atoms with E-state index in [9.17, 15) is 4.79 Å². The molecule has 0 bridgehead atoms. The molecule has 1 N–H and O–H groups in total. The first-order valence-electron chi connectivity index (χ1n) is 5.59. The Labute approximate surface area is 91.4 Å². The van der Waals surface area contributed by atoms with E-state index >= 15 is 0 Å². The highest BCUT2D eigenvalue weighted by Crippen LogP contribution is 2.29. The number of carbonyl (C=O) groups is 1. The van der Waals surface area contributed by atoms with E-state index in [1.807, 2.05) is 0 Å². The lowest BCUT2D eigenvalue weighted by Crippen LogP contribution is -2.40. The van der Waals surface area contributed by atoms with Crippen molar-refractivity contribution in [3.8, 4) is 0 Å². The topological polar surface area (TPSA) is 29.1 Å². The predicted molar refractivity (Wildman–Crippen MR) is 59.5 cm³/mol. The van der Waals surface area contributed by atoms with Gasteiger partial charge in [0, 0.05) is 18.3 Å². The molecule has 1 atom stereocenters. The second-order valence-electron chi connectivity index (χ2n) is 4.19. The van der Waals surface area contributed by atoms with Crippen molar-refractivity contribution in [2.24, 2.45) is 5.92 Å². The van der Waals surface area contributed by atoms with Crippen LogP contribution in [0.2, 0.25) is 0 Å². The summed E-state index contributed by atoms with van der Waals surface area (Å²) >= 11 is 5.54. The summed E-state index contributed by atoms with van der Waals surface area (Å²) in [5, 5.41) is 3.06. The fourth-order valence-corrected chi connectivity index (χ4v) is 1.95. The molecule has 1 rings (SSSR count). The minimum absolute atomic E-state index is 0.189. The van der Waals surface area contributed by atoms with Gasteiger partial charge in [-0.15, -0.1) is 11.6 Å². The number of hydrogen-bond donors (Lipinski definition) is 1. The third-order valence-electron chi connectivity index (χ3n) is 3.03. The van der Waals surface area contributed by atoms with Gasteiger partial charge in [-0.2, -0.15) is 0 Å². The van der Waals surface area contributed by atoms with Crippen LogP contribution in [-0.2, 0) is 4.79 Å². The van der Waals surface area contributed by atoms with Gasteiger partial charge >= 0.3 is 0 Å². The van der Waals surface area contributed by atoms with Crippen LogP contribution in [0.1, 0.15) is 45.4 Å². The van der Waals surface area contributed by atoms with Crippen LogP contribution in [-0.4, -0.2) is 17.8 Å². The predicted octanol–water partition coefficient (Wildman–Crippen LogP) is 2.70. The summed E-state index contributed by atoms with van der Waals surface area (Å²) in [5.74, 6) is 1.58. The van der Waals surface area contributed by atoms with Crippen LogP contribution in [0.3, 0.4) is 0 Å².